The van der Waals surface area contributed by atoms with Gasteiger partial charge < -0.3 is 19.7 Å². The predicted molar refractivity (Wildman–Crippen MR) is 126 cm³/mol. The van der Waals surface area contributed by atoms with Crippen LogP contribution in [0.1, 0.15) is 40.1 Å². The minimum absolute atomic E-state index is 0.276. The molecule has 3 aromatic rings. The molecule has 0 spiro atoms. The number of carbonyl (C=O) groups is 3. The Morgan fingerprint density at radius 3 is 2.61 bits per heavy atom. The van der Waals surface area contributed by atoms with Crippen molar-refractivity contribution in [1.29, 1.82) is 0 Å². The first-order chi connectivity index (χ1) is 15.8. The molecule has 1 aromatic heterocycles. The third-order valence-corrected chi connectivity index (χ3v) is 6.28. The number of nitrogens with zero attached hydrogens (tertiary/aromatic N) is 2. The minimum atomic E-state index is -1.08. The van der Waals surface area contributed by atoms with Crippen LogP contribution in [0.25, 0.3) is 10.9 Å². The lowest BCUT2D eigenvalue weighted by Crippen LogP contribution is -2.41. The number of carbonyl (C=O) groups excluding carboxylic acids is 2. The molecule has 172 valence electrons. The van der Waals surface area contributed by atoms with Crippen LogP contribution in [-0.4, -0.2) is 64.6 Å². The van der Waals surface area contributed by atoms with Gasteiger partial charge in [0.05, 0.1) is 6.61 Å². The van der Waals surface area contributed by atoms with Crippen LogP contribution in [0.3, 0.4) is 0 Å². The number of aliphatic carboxylic acids is 1. The summed E-state index contributed by atoms with van der Waals surface area (Å²) in [4.78, 5) is 42.6. The summed E-state index contributed by atoms with van der Waals surface area (Å²) in [6.45, 7) is 2.17. The van der Waals surface area contributed by atoms with E-state index < -0.39 is 18.1 Å². The highest BCUT2D eigenvalue weighted by molar-refractivity contribution is 9.10. The maximum atomic E-state index is 12.8. The van der Waals surface area contributed by atoms with E-state index in [1.54, 1.807) is 36.1 Å². The number of carboxylic acids is 1. The Kier molecular flexibility index (Phi) is 6.42. The summed E-state index contributed by atoms with van der Waals surface area (Å²) in [5.74, 6) is -1.46. The van der Waals surface area contributed by atoms with Gasteiger partial charge in [0.15, 0.2) is 0 Å². The van der Waals surface area contributed by atoms with Crippen LogP contribution in [0.5, 0.6) is 0 Å². The van der Waals surface area contributed by atoms with Gasteiger partial charge in [0.25, 0.3) is 5.91 Å². The first-order valence-corrected chi connectivity index (χ1v) is 11.4. The number of carboxylic acid groups (broad SMARTS) is 1. The monoisotopic (exact) mass is 513 g/mol. The lowest BCUT2D eigenvalue weighted by molar-refractivity contribution is -0.137. The van der Waals surface area contributed by atoms with Gasteiger partial charge in [0.1, 0.15) is 12.6 Å². The normalized spacial score (nSPS) is 15.2. The minimum Gasteiger partial charge on any atom is -0.480 e. The van der Waals surface area contributed by atoms with Crippen molar-refractivity contribution in [2.24, 2.45) is 0 Å². The Morgan fingerprint density at radius 2 is 1.94 bits per heavy atom. The van der Waals surface area contributed by atoms with Crippen LogP contribution in [0.2, 0.25) is 0 Å². The number of halogens is 1. The zero-order valence-electron chi connectivity index (χ0n) is 18.3. The standard InChI is InChI=1S/C24H24BrN3O5/c1-3-33-24(32)28-11-10-17-18-12-16(25)8-9-19(18)26-21(17)22(28)14-4-6-15(7-5-14)23(31)27(2)13-20(29)30/h4-9,12,22,26H,3,10-11,13H2,1-2H3,(H,29,30). The highest BCUT2D eigenvalue weighted by Gasteiger charge is 2.35. The van der Waals surface area contributed by atoms with Gasteiger partial charge in [-0.1, -0.05) is 28.1 Å². The number of rotatable bonds is 5. The molecule has 0 aliphatic carbocycles. The van der Waals surface area contributed by atoms with Crippen LogP contribution >= 0.6 is 15.9 Å². The summed E-state index contributed by atoms with van der Waals surface area (Å²) in [5, 5.41) is 10.0. The Labute approximate surface area is 199 Å². The van der Waals surface area contributed by atoms with Crippen LogP contribution in [-0.2, 0) is 16.0 Å². The number of aromatic nitrogens is 1. The lowest BCUT2D eigenvalue weighted by atomic mass is 9.92. The van der Waals surface area contributed by atoms with E-state index in [-0.39, 0.29) is 19.1 Å². The average molecular weight is 514 g/mol. The number of amides is 2. The van der Waals surface area contributed by atoms with Gasteiger partial charge in [-0.25, -0.2) is 4.79 Å². The Morgan fingerprint density at radius 1 is 1.21 bits per heavy atom. The van der Waals surface area contributed by atoms with E-state index in [0.717, 1.165) is 37.1 Å². The van der Waals surface area contributed by atoms with Crippen molar-refractivity contribution in [2.45, 2.75) is 19.4 Å². The highest BCUT2D eigenvalue weighted by Crippen LogP contribution is 2.39. The van der Waals surface area contributed by atoms with Crippen molar-refractivity contribution in [3.8, 4) is 0 Å². The molecule has 2 aromatic carbocycles. The topological polar surface area (TPSA) is 103 Å². The number of nitrogens with one attached hydrogen (secondary N) is 1. The molecule has 0 bridgehead atoms. The smallest absolute Gasteiger partial charge is 0.410 e. The van der Waals surface area contributed by atoms with E-state index in [2.05, 4.69) is 27.0 Å². The molecule has 0 saturated carbocycles. The number of fused-ring (bicyclic) bond motifs is 3. The van der Waals surface area contributed by atoms with Gasteiger partial charge in [-0.3, -0.25) is 14.5 Å². The molecule has 1 aliphatic rings. The second kappa shape index (κ2) is 9.27. The van der Waals surface area contributed by atoms with Crippen LogP contribution in [0, 0.1) is 0 Å². The predicted octanol–water partition coefficient (Wildman–Crippen LogP) is 4.19. The largest absolute Gasteiger partial charge is 0.480 e. The second-order valence-electron chi connectivity index (χ2n) is 7.93. The van der Waals surface area contributed by atoms with Crippen molar-refractivity contribution in [3.63, 3.8) is 0 Å². The van der Waals surface area contributed by atoms with Crippen LogP contribution < -0.4 is 0 Å². The van der Waals surface area contributed by atoms with Crippen LogP contribution in [0.15, 0.2) is 46.9 Å². The Bertz CT molecular complexity index is 1220. The Balaban J connectivity index is 1.74. The SMILES string of the molecule is CCOC(=O)N1CCc2c([nH]c3ccc(Br)cc23)C1c1ccc(C(=O)N(C)CC(=O)O)cc1. The van der Waals surface area contributed by atoms with Gasteiger partial charge in [-0.2, -0.15) is 0 Å². The molecule has 2 N–H and O–H groups in total. The van der Waals surface area contributed by atoms with Crippen molar-refractivity contribution >= 4 is 44.8 Å². The summed E-state index contributed by atoms with van der Waals surface area (Å²) in [5.41, 5.74) is 4.26. The first-order valence-electron chi connectivity index (χ1n) is 10.6. The average Bonchev–Trinajstić information content (AvgIpc) is 3.15. The molecule has 4 rings (SSSR count). The molecule has 0 fully saturated rings. The zero-order valence-corrected chi connectivity index (χ0v) is 19.9. The molecule has 0 radical (unpaired) electrons. The fourth-order valence-corrected chi connectivity index (χ4v) is 4.67. The number of ether oxygens (including phenoxy) is 1. The molecular weight excluding hydrogens is 490 g/mol. The maximum absolute atomic E-state index is 12.8. The number of benzene rings is 2. The third kappa shape index (κ3) is 4.45. The van der Waals surface area contributed by atoms with Gasteiger partial charge in [-0.15, -0.1) is 0 Å². The van der Waals surface area contributed by atoms with Crippen molar-refractivity contribution < 1.29 is 24.2 Å². The zero-order chi connectivity index (χ0) is 23.7. The fraction of sp³-hybridized carbons (Fsp3) is 0.292. The van der Waals surface area contributed by atoms with Crippen molar-refractivity contribution in [2.75, 3.05) is 26.7 Å². The van der Waals surface area contributed by atoms with E-state index in [9.17, 15) is 14.4 Å². The van der Waals surface area contributed by atoms with Gasteiger partial charge in [0.2, 0.25) is 0 Å². The Hall–Kier alpha value is -3.33. The molecule has 8 nitrogen and oxygen atoms in total. The number of hydrogen-bond donors (Lipinski definition) is 2. The van der Waals surface area contributed by atoms with Gasteiger partial charge >= 0.3 is 12.1 Å². The van der Waals surface area contributed by atoms with Crippen molar-refractivity contribution in [3.05, 3.63) is 69.3 Å². The summed E-state index contributed by atoms with van der Waals surface area (Å²) in [7, 11) is 1.45. The van der Waals surface area contributed by atoms with E-state index in [1.807, 2.05) is 12.1 Å². The molecule has 1 aliphatic heterocycles. The van der Waals surface area contributed by atoms with Crippen LogP contribution in [0.4, 0.5) is 4.79 Å². The summed E-state index contributed by atoms with van der Waals surface area (Å²) >= 11 is 3.54. The van der Waals surface area contributed by atoms with E-state index >= 15 is 0 Å². The number of aromatic amines is 1. The molecular formula is C24H24BrN3O5. The summed E-state index contributed by atoms with van der Waals surface area (Å²) in [6.07, 6.45) is 0.298. The lowest BCUT2D eigenvalue weighted by Gasteiger charge is -2.35. The van der Waals surface area contributed by atoms with E-state index in [0.29, 0.717) is 18.5 Å². The fourth-order valence-electron chi connectivity index (χ4n) is 4.31. The first kappa shape index (κ1) is 22.8. The van der Waals surface area contributed by atoms with Gasteiger partial charge in [-0.05, 0) is 54.8 Å². The molecule has 2 amide bonds. The molecule has 9 heteroatoms. The van der Waals surface area contributed by atoms with E-state index in [1.165, 1.54) is 7.05 Å². The molecule has 0 saturated heterocycles. The summed E-state index contributed by atoms with van der Waals surface area (Å²) < 4.78 is 6.30. The second-order valence-corrected chi connectivity index (χ2v) is 8.84. The number of hydrogen-bond acceptors (Lipinski definition) is 4. The highest BCUT2D eigenvalue weighted by atomic mass is 79.9. The number of H-pyrrole nitrogens is 1. The van der Waals surface area contributed by atoms with Gasteiger partial charge in [0, 0.05) is 40.2 Å². The molecule has 1 atom stereocenters. The summed E-state index contributed by atoms with van der Waals surface area (Å²) in [6, 6.07) is 12.6. The van der Waals surface area contributed by atoms with Crippen molar-refractivity contribution in [1.82, 2.24) is 14.8 Å². The number of likely N-dealkylation sites (N-methyl/N-ethyl adjacent to an activating group) is 1. The molecule has 1 unspecified atom stereocenters. The maximum Gasteiger partial charge on any atom is 0.410 e. The molecule has 2 heterocycles. The quantitative estimate of drug-likeness (QED) is 0.532. The van der Waals surface area contributed by atoms with E-state index in [4.69, 9.17) is 9.84 Å². The molecule has 33 heavy (non-hydrogen) atoms. The third-order valence-electron chi connectivity index (χ3n) is 5.78.